The van der Waals surface area contributed by atoms with Crippen LogP contribution in [0.3, 0.4) is 0 Å². The highest BCUT2D eigenvalue weighted by molar-refractivity contribution is 6.30. The van der Waals surface area contributed by atoms with Gasteiger partial charge in [-0.1, -0.05) is 17.7 Å². The summed E-state index contributed by atoms with van der Waals surface area (Å²) in [6.45, 7) is 5.91. The van der Waals surface area contributed by atoms with Gasteiger partial charge in [0.15, 0.2) is 0 Å². The van der Waals surface area contributed by atoms with Gasteiger partial charge in [0.1, 0.15) is 6.04 Å². The second-order valence-electron chi connectivity index (χ2n) is 5.24. The van der Waals surface area contributed by atoms with Crippen molar-refractivity contribution in [3.05, 3.63) is 58.6 Å². The molecule has 0 aliphatic heterocycles. The van der Waals surface area contributed by atoms with E-state index in [-0.39, 0.29) is 11.9 Å². The Morgan fingerprint density at radius 1 is 1.00 bits per heavy atom. The lowest BCUT2D eigenvalue weighted by Crippen LogP contribution is -2.31. The number of hydrogen-bond donors (Lipinski definition) is 2. The molecule has 0 fully saturated rings. The van der Waals surface area contributed by atoms with Crippen LogP contribution in [0, 0.1) is 13.8 Å². The number of carbonyl (C=O) groups excluding carboxylic acids is 1. The highest BCUT2D eigenvalue weighted by Gasteiger charge is 2.13. The molecule has 0 aromatic heterocycles. The van der Waals surface area contributed by atoms with Crippen molar-refractivity contribution in [1.82, 2.24) is 0 Å². The summed E-state index contributed by atoms with van der Waals surface area (Å²) in [7, 11) is 0. The molecule has 2 rings (SSSR count). The molecule has 0 unspecified atom stereocenters. The molecule has 0 saturated carbocycles. The van der Waals surface area contributed by atoms with Gasteiger partial charge in [-0.2, -0.15) is 0 Å². The molecular formula is C17H19ClN2O. The zero-order chi connectivity index (χ0) is 15.4. The summed E-state index contributed by atoms with van der Waals surface area (Å²) in [4.78, 5) is 12.2. The third-order valence-electron chi connectivity index (χ3n) is 3.11. The highest BCUT2D eigenvalue weighted by Crippen LogP contribution is 2.16. The molecule has 2 aromatic carbocycles. The van der Waals surface area contributed by atoms with Crippen molar-refractivity contribution in [3.8, 4) is 0 Å². The van der Waals surface area contributed by atoms with Gasteiger partial charge in [-0.15, -0.1) is 0 Å². The van der Waals surface area contributed by atoms with Gasteiger partial charge in [-0.3, -0.25) is 4.79 Å². The molecule has 0 aliphatic rings. The standard InChI is InChI=1S/C17H19ClN2O/c1-11-8-12(2)10-16(9-11)19-13(3)17(21)20-15-6-4-14(18)5-7-15/h4-10,13,19H,1-3H3,(H,20,21)/t13-/m0/s1. The fourth-order valence-electron chi connectivity index (χ4n) is 2.16. The first-order valence-electron chi connectivity index (χ1n) is 6.85. The quantitative estimate of drug-likeness (QED) is 0.879. The van der Waals surface area contributed by atoms with Crippen molar-refractivity contribution in [1.29, 1.82) is 0 Å². The van der Waals surface area contributed by atoms with Crippen molar-refractivity contribution in [2.75, 3.05) is 10.6 Å². The number of aryl methyl sites for hydroxylation is 2. The van der Waals surface area contributed by atoms with Crippen LogP contribution in [0.25, 0.3) is 0 Å². The Kier molecular flexibility index (Phi) is 4.86. The van der Waals surface area contributed by atoms with Gasteiger partial charge in [0.2, 0.25) is 5.91 Å². The van der Waals surface area contributed by atoms with Crippen LogP contribution in [0.4, 0.5) is 11.4 Å². The maximum absolute atomic E-state index is 12.2. The molecule has 0 saturated heterocycles. The van der Waals surface area contributed by atoms with E-state index in [1.807, 2.05) is 32.9 Å². The predicted molar refractivity (Wildman–Crippen MR) is 89.1 cm³/mol. The van der Waals surface area contributed by atoms with Crippen LogP contribution in [0.1, 0.15) is 18.1 Å². The normalized spacial score (nSPS) is 11.8. The van der Waals surface area contributed by atoms with Crippen LogP contribution in [0.15, 0.2) is 42.5 Å². The van der Waals surface area contributed by atoms with Gasteiger partial charge in [0.05, 0.1) is 0 Å². The maximum atomic E-state index is 12.2. The van der Waals surface area contributed by atoms with Crippen LogP contribution in [0.2, 0.25) is 5.02 Å². The summed E-state index contributed by atoms with van der Waals surface area (Å²) in [5, 5.41) is 6.72. The highest BCUT2D eigenvalue weighted by atomic mass is 35.5. The van der Waals surface area contributed by atoms with Crippen LogP contribution < -0.4 is 10.6 Å². The average molecular weight is 303 g/mol. The largest absolute Gasteiger partial charge is 0.374 e. The van der Waals surface area contributed by atoms with Gasteiger partial charge in [-0.25, -0.2) is 0 Å². The van der Waals surface area contributed by atoms with E-state index in [4.69, 9.17) is 11.6 Å². The Bertz CT molecular complexity index is 617. The number of nitrogens with one attached hydrogen (secondary N) is 2. The molecule has 2 N–H and O–H groups in total. The van der Waals surface area contributed by atoms with Crippen molar-refractivity contribution < 1.29 is 4.79 Å². The van der Waals surface area contributed by atoms with E-state index in [0.717, 1.165) is 11.4 Å². The number of hydrogen-bond acceptors (Lipinski definition) is 2. The first-order chi connectivity index (χ1) is 9.94. The van der Waals surface area contributed by atoms with Crippen molar-refractivity contribution >= 4 is 28.9 Å². The lowest BCUT2D eigenvalue weighted by molar-refractivity contribution is -0.116. The molecule has 21 heavy (non-hydrogen) atoms. The third kappa shape index (κ3) is 4.50. The first-order valence-corrected chi connectivity index (χ1v) is 7.23. The molecule has 2 aromatic rings. The molecule has 0 bridgehead atoms. The summed E-state index contributed by atoms with van der Waals surface area (Å²) < 4.78 is 0. The van der Waals surface area contributed by atoms with Crippen LogP contribution >= 0.6 is 11.6 Å². The number of rotatable bonds is 4. The zero-order valence-corrected chi connectivity index (χ0v) is 13.2. The summed E-state index contributed by atoms with van der Waals surface area (Å²) in [6.07, 6.45) is 0. The van der Waals surface area contributed by atoms with E-state index in [0.29, 0.717) is 5.02 Å². The summed E-state index contributed by atoms with van der Waals surface area (Å²) in [5.74, 6) is -0.0866. The molecule has 1 amide bonds. The maximum Gasteiger partial charge on any atom is 0.246 e. The van der Waals surface area contributed by atoms with Gasteiger partial charge < -0.3 is 10.6 Å². The second kappa shape index (κ2) is 6.64. The molecule has 0 radical (unpaired) electrons. The number of benzene rings is 2. The molecule has 4 heteroatoms. The first kappa shape index (κ1) is 15.4. The van der Waals surface area contributed by atoms with E-state index < -0.39 is 0 Å². The van der Waals surface area contributed by atoms with Crippen molar-refractivity contribution in [2.45, 2.75) is 26.8 Å². The van der Waals surface area contributed by atoms with Gasteiger partial charge in [0.25, 0.3) is 0 Å². The van der Waals surface area contributed by atoms with Crippen molar-refractivity contribution in [3.63, 3.8) is 0 Å². The summed E-state index contributed by atoms with van der Waals surface area (Å²) in [6, 6.07) is 12.9. The van der Waals surface area contributed by atoms with E-state index in [9.17, 15) is 4.79 Å². The minimum atomic E-state index is -0.332. The van der Waals surface area contributed by atoms with E-state index in [1.165, 1.54) is 11.1 Å². The summed E-state index contributed by atoms with van der Waals surface area (Å²) in [5.41, 5.74) is 4.02. The zero-order valence-electron chi connectivity index (χ0n) is 12.4. The Morgan fingerprint density at radius 3 is 2.14 bits per heavy atom. The van der Waals surface area contributed by atoms with Crippen LogP contribution in [0.5, 0.6) is 0 Å². The minimum absolute atomic E-state index is 0.0866. The lowest BCUT2D eigenvalue weighted by atomic mass is 10.1. The summed E-state index contributed by atoms with van der Waals surface area (Å²) >= 11 is 5.82. The average Bonchev–Trinajstić information content (AvgIpc) is 2.40. The minimum Gasteiger partial charge on any atom is -0.374 e. The number of anilines is 2. The Balaban J connectivity index is 2.00. The second-order valence-corrected chi connectivity index (χ2v) is 5.67. The van der Waals surface area contributed by atoms with Gasteiger partial charge in [0, 0.05) is 16.4 Å². The number of halogens is 1. The lowest BCUT2D eigenvalue weighted by Gasteiger charge is -2.16. The van der Waals surface area contributed by atoms with E-state index in [1.54, 1.807) is 24.3 Å². The molecule has 0 aliphatic carbocycles. The molecule has 0 heterocycles. The predicted octanol–water partition coefficient (Wildman–Crippen LogP) is 4.40. The Labute approximate surface area is 130 Å². The number of carbonyl (C=O) groups is 1. The molecule has 3 nitrogen and oxygen atoms in total. The molecular weight excluding hydrogens is 284 g/mol. The monoisotopic (exact) mass is 302 g/mol. The Morgan fingerprint density at radius 2 is 1.57 bits per heavy atom. The Hall–Kier alpha value is -2.00. The molecule has 0 spiro atoms. The molecule has 1 atom stereocenters. The van der Waals surface area contributed by atoms with Crippen LogP contribution in [-0.4, -0.2) is 11.9 Å². The van der Waals surface area contributed by atoms with Gasteiger partial charge in [-0.05, 0) is 68.3 Å². The number of amides is 1. The van der Waals surface area contributed by atoms with Crippen LogP contribution in [-0.2, 0) is 4.79 Å². The van der Waals surface area contributed by atoms with Gasteiger partial charge >= 0.3 is 0 Å². The smallest absolute Gasteiger partial charge is 0.246 e. The fraction of sp³-hybridized carbons (Fsp3) is 0.235. The topological polar surface area (TPSA) is 41.1 Å². The van der Waals surface area contributed by atoms with E-state index >= 15 is 0 Å². The van der Waals surface area contributed by atoms with E-state index in [2.05, 4.69) is 16.7 Å². The molecule has 110 valence electrons. The van der Waals surface area contributed by atoms with Crippen molar-refractivity contribution in [2.24, 2.45) is 0 Å². The fourth-order valence-corrected chi connectivity index (χ4v) is 2.28. The SMILES string of the molecule is Cc1cc(C)cc(N[C@@H](C)C(=O)Nc2ccc(Cl)cc2)c1. The third-order valence-corrected chi connectivity index (χ3v) is 3.36.